The molecule has 0 spiro atoms. The molecule has 6 rings (SSSR count). The molecule has 2 heterocycles. The van der Waals surface area contributed by atoms with E-state index in [1.54, 1.807) is 0 Å². The van der Waals surface area contributed by atoms with Crippen molar-refractivity contribution in [1.82, 2.24) is 14.5 Å². The molecule has 0 atom stereocenters. The standard InChI is InChI=1S/C35H38N4/c1-26(2)23-39-32(22-27-14-6-3-7-15-27)37-33-34(39)30-20-12-13-21-31(30)36-35(33)38(24-28-16-8-4-9-17-28)25-29-18-10-5-11-19-29/h3-11,14-19,26H,12-13,20-25H2,1-2H3. The Kier molecular flexibility index (Phi) is 7.44. The molecule has 3 aromatic carbocycles. The number of nitrogens with zero attached hydrogens (tertiary/aromatic N) is 4. The van der Waals surface area contributed by atoms with Gasteiger partial charge < -0.3 is 9.47 Å². The van der Waals surface area contributed by atoms with Crippen molar-refractivity contribution in [3.05, 3.63) is 125 Å². The molecule has 0 aliphatic heterocycles. The third-order valence-electron chi connectivity index (χ3n) is 7.71. The second-order valence-corrected chi connectivity index (χ2v) is 11.3. The fraction of sp³-hybridized carbons (Fsp3) is 0.314. The minimum Gasteiger partial charge on any atom is -0.346 e. The summed E-state index contributed by atoms with van der Waals surface area (Å²) in [5.74, 6) is 2.69. The molecule has 0 unspecified atom stereocenters. The summed E-state index contributed by atoms with van der Waals surface area (Å²) in [6, 6.07) is 32.3. The maximum Gasteiger partial charge on any atom is 0.157 e. The van der Waals surface area contributed by atoms with Crippen molar-refractivity contribution >= 4 is 16.9 Å². The average molecular weight is 515 g/mol. The number of anilines is 1. The van der Waals surface area contributed by atoms with Crippen LogP contribution in [0.5, 0.6) is 0 Å². The van der Waals surface area contributed by atoms with E-state index >= 15 is 0 Å². The summed E-state index contributed by atoms with van der Waals surface area (Å²) in [7, 11) is 0. The fourth-order valence-electron chi connectivity index (χ4n) is 5.92. The molecule has 0 fully saturated rings. The lowest BCUT2D eigenvalue weighted by atomic mass is 9.94. The van der Waals surface area contributed by atoms with Gasteiger partial charge in [-0.25, -0.2) is 9.97 Å². The molecule has 1 aliphatic carbocycles. The van der Waals surface area contributed by atoms with E-state index in [4.69, 9.17) is 9.97 Å². The maximum absolute atomic E-state index is 5.43. The Balaban J connectivity index is 1.55. The predicted octanol–water partition coefficient (Wildman–Crippen LogP) is 7.76. The summed E-state index contributed by atoms with van der Waals surface area (Å²) in [6.45, 7) is 7.17. The third kappa shape index (κ3) is 5.61. The lowest BCUT2D eigenvalue weighted by molar-refractivity contribution is 0.518. The first-order valence-corrected chi connectivity index (χ1v) is 14.4. The van der Waals surface area contributed by atoms with Gasteiger partial charge in [0.05, 0.1) is 5.52 Å². The van der Waals surface area contributed by atoms with E-state index < -0.39 is 0 Å². The third-order valence-corrected chi connectivity index (χ3v) is 7.71. The molecule has 5 aromatic rings. The molecular formula is C35H38N4. The zero-order chi connectivity index (χ0) is 26.6. The minimum absolute atomic E-state index is 0.525. The van der Waals surface area contributed by atoms with Gasteiger partial charge in [-0.05, 0) is 53.9 Å². The van der Waals surface area contributed by atoms with Crippen LogP contribution in [-0.2, 0) is 38.9 Å². The molecule has 4 heteroatoms. The molecule has 39 heavy (non-hydrogen) atoms. The van der Waals surface area contributed by atoms with E-state index in [1.807, 2.05) is 0 Å². The lowest BCUT2D eigenvalue weighted by Gasteiger charge is -2.27. The van der Waals surface area contributed by atoms with Crippen LogP contribution >= 0.6 is 0 Å². The second-order valence-electron chi connectivity index (χ2n) is 11.3. The summed E-state index contributed by atoms with van der Waals surface area (Å²) in [5.41, 5.74) is 8.94. The number of rotatable bonds is 9. The van der Waals surface area contributed by atoms with Gasteiger partial charge >= 0.3 is 0 Å². The molecule has 0 saturated carbocycles. The predicted molar refractivity (Wildman–Crippen MR) is 161 cm³/mol. The van der Waals surface area contributed by atoms with Gasteiger partial charge in [0.15, 0.2) is 5.82 Å². The Labute approximate surface area is 232 Å². The number of aromatic nitrogens is 3. The Morgan fingerprint density at radius 2 is 1.28 bits per heavy atom. The van der Waals surface area contributed by atoms with Crippen molar-refractivity contribution in [2.45, 2.75) is 65.6 Å². The highest BCUT2D eigenvalue weighted by molar-refractivity contribution is 5.90. The van der Waals surface area contributed by atoms with Gasteiger partial charge in [0.2, 0.25) is 0 Å². The Hall–Kier alpha value is -3.92. The van der Waals surface area contributed by atoms with Crippen LogP contribution in [0.3, 0.4) is 0 Å². The number of imidazole rings is 1. The van der Waals surface area contributed by atoms with E-state index in [-0.39, 0.29) is 0 Å². The Morgan fingerprint density at radius 1 is 0.718 bits per heavy atom. The van der Waals surface area contributed by atoms with Crippen LogP contribution in [-0.4, -0.2) is 14.5 Å². The maximum atomic E-state index is 5.43. The number of pyridine rings is 1. The van der Waals surface area contributed by atoms with Crippen LogP contribution in [0.15, 0.2) is 91.0 Å². The molecule has 0 bridgehead atoms. The first-order chi connectivity index (χ1) is 19.2. The number of aryl methyl sites for hydroxylation is 2. The first kappa shape index (κ1) is 25.4. The summed E-state index contributed by atoms with van der Waals surface area (Å²) in [5, 5.41) is 0. The zero-order valence-electron chi connectivity index (χ0n) is 23.2. The molecule has 2 aromatic heterocycles. The van der Waals surface area contributed by atoms with Gasteiger partial charge in [0.25, 0.3) is 0 Å². The molecule has 1 aliphatic rings. The van der Waals surface area contributed by atoms with Crippen molar-refractivity contribution < 1.29 is 0 Å². The molecule has 4 nitrogen and oxygen atoms in total. The molecule has 0 amide bonds. The van der Waals surface area contributed by atoms with Crippen molar-refractivity contribution in [1.29, 1.82) is 0 Å². The Bertz CT molecular complexity index is 1480. The molecule has 0 radical (unpaired) electrons. The van der Waals surface area contributed by atoms with Crippen LogP contribution in [0.4, 0.5) is 5.82 Å². The summed E-state index contributed by atoms with van der Waals surface area (Å²) in [4.78, 5) is 13.3. The Morgan fingerprint density at radius 3 is 1.87 bits per heavy atom. The van der Waals surface area contributed by atoms with Crippen molar-refractivity contribution in [2.75, 3.05) is 4.90 Å². The van der Waals surface area contributed by atoms with Gasteiger partial charge in [-0.15, -0.1) is 0 Å². The monoisotopic (exact) mass is 514 g/mol. The van der Waals surface area contributed by atoms with Gasteiger partial charge in [0, 0.05) is 31.7 Å². The highest BCUT2D eigenvalue weighted by Gasteiger charge is 2.26. The molecule has 0 saturated heterocycles. The zero-order valence-corrected chi connectivity index (χ0v) is 23.2. The van der Waals surface area contributed by atoms with Crippen LogP contribution in [0, 0.1) is 5.92 Å². The van der Waals surface area contributed by atoms with Crippen LogP contribution in [0.1, 0.15) is 60.5 Å². The smallest absolute Gasteiger partial charge is 0.157 e. The van der Waals surface area contributed by atoms with E-state index in [0.29, 0.717) is 5.92 Å². The quantitative estimate of drug-likeness (QED) is 0.202. The van der Waals surface area contributed by atoms with Gasteiger partial charge in [-0.2, -0.15) is 0 Å². The molecular weight excluding hydrogens is 476 g/mol. The SMILES string of the molecule is CC(C)Cn1c(Cc2ccccc2)nc2c(N(Cc3ccccc3)Cc3ccccc3)nc3c(c21)CCCC3. The lowest BCUT2D eigenvalue weighted by Crippen LogP contribution is -2.25. The normalized spacial score (nSPS) is 13.1. The van der Waals surface area contributed by atoms with Crippen molar-refractivity contribution in [2.24, 2.45) is 5.92 Å². The van der Waals surface area contributed by atoms with Crippen molar-refractivity contribution in [3.63, 3.8) is 0 Å². The van der Waals surface area contributed by atoms with E-state index in [1.165, 1.54) is 46.3 Å². The summed E-state index contributed by atoms with van der Waals surface area (Å²) >= 11 is 0. The van der Waals surface area contributed by atoms with Crippen LogP contribution in [0.25, 0.3) is 11.0 Å². The molecule has 0 N–H and O–H groups in total. The number of hydrogen-bond donors (Lipinski definition) is 0. The number of fused-ring (bicyclic) bond motifs is 3. The molecule has 198 valence electrons. The topological polar surface area (TPSA) is 34.0 Å². The fourth-order valence-corrected chi connectivity index (χ4v) is 5.92. The van der Waals surface area contributed by atoms with Crippen LogP contribution in [0.2, 0.25) is 0 Å². The van der Waals surface area contributed by atoms with E-state index in [9.17, 15) is 0 Å². The highest BCUT2D eigenvalue weighted by atomic mass is 15.2. The van der Waals surface area contributed by atoms with E-state index in [0.717, 1.165) is 56.1 Å². The second kappa shape index (κ2) is 11.4. The van der Waals surface area contributed by atoms with Crippen molar-refractivity contribution in [3.8, 4) is 0 Å². The van der Waals surface area contributed by atoms with Crippen LogP contribution < -0.4 is 4.90 Å². The summed E-state index contributed by atoms with van der Waals surface area (Å²) < 4.78 is 2.53. The van der Waals surface area contributed by atoms with E-state index in [2.05, 4.69) is 114 Å². The highest BCUT2D eigenvalue weighted by Crippen LogP contribution is 2.36. The number of benzene rings is 3. The van der Waals surface area contributed by atoms with Gasteiger partial charge in [-0.1, -0.05) is 105 Å². The first-order valence-electron chi connectivity index (χ1n) is 14.4. The average Bonchev–Trinajstić information content (AvgIpc) is 3.31. The number of hydrogen-bond acceptors (Lipinski definition) is 3. The largest absolute Gasteiger partial charge is 0.346 e. The minimum atomic E-state index is 0.525. The summed E-state index contributed by atoms with van der Waals surface area (Å²) in [6.07, 6.45) is 5.39. The van der Waals surface area contributed by atoms with Gasteiger partial charge in [0.1, 0.15) is 11.3 Å². The van der Waals surface area contributed by atoms with Gasteiger partial charge in [-0.3, -0.25) is 0 Å².